The van der Waals surface area contributed by atoms with Gasteiger partial charge in [-0.3, -0.25) is 4.79 Å². The average molecular weight is 325 g/mol. The number of H-pyrrole nitrogens is 1. The molecule has 0 radical (unpaired) electrons. The minimum atomic E-state index is -0.798. The van der Waals surface area contributed by atoms with Gasteiger partial charge in [-0.2, -0.15) is 5.26 Å². The van der Waals surface area contributed by atoms with Gasteiger partial charge < -0.3 is 14.6 Å². The number of nitriles is 1. The van der Waals surface area contributed by atoms with Crippen molar-refractivity contribution in [2.75, 3.05) is 6.61 Å². The summed E-state index contributed by atoms with van der Waals surface area (Å²) in [6.45, 7) is 3.33. The van der Waals surface area contributed by atoms with Gasteiger partial charge in [0.25, 0.3) is 5.56 Å². The van der Waals surface area contributed by atoms with Crippen LogP contribution in [-0.2, 0) is 0 Å². The summed E-state index contributed by atoms with van der Waals surface area (Å²) in [7, 11) is 0. The van der Waals surface area contributed by atoms with Crippen LogP contribution in [-0.4, -0.2) is 27.5 Å². The Labute approximate surface area is 137 Å². The third-order valence-corrected chi connectivity index (χ3v) is 3.74. The molecule has 7 heteroatoms. The number of hydrogen-bond donors (Lipinski definition) is 2. The van der Waals surface area contributed by atoms with Crippen molar-refractivity contribution < 1.29 is 14.6 Å². The SMILES string of the molecule is CC1(C)Oc2ccc(C#N)cc2C(Oc2ccc(=O)[nH]n2)=C1CO. The molecule has 2 N–H and O–H groups in total. The Kier molecular flexibility index (Phi) is 3.83. The van der Waals surface area contributed by atoms with Crippen molar-refractivity contribution in [3.05, 3.63) is 57.4 Å². The Morgan fingerprint density at radius 1 is 1.38 bits per heavy atom. The quantitative estimate of drug-likeness (QED) is 0.887. The first-order valence-electron chi connectivity index (χ1n) is 7.26. The molecular weight excluding hydrogens is 310 g/mol. The third-order valence-electron chi connectivity index (χ3n) is 3.74. The van der Waals surface area contributed by atoms with Crippen molar-refractivity contribution >= 4 is 5.76 Å². The highest BCUT2D eigenvalue weighted by Crippen LogP contribution is 2.41. The molecule has 0 atom stereocenters. The molecule has 0 saturated carbocycles. The third kappa shape index (κ3) is 2.75. The van der Waals surface area contributed by atoms with Crippen molar-refractivity contribution in [2.45, 2.75) is 19.4 Å². The Balaban J connectivity index is 2.17. The molecule has 1 aliphatic rings. The molecule has 0 spiro atoms. The summed E-state index contributed by atoms with van der Waals surface area (Å²) in [5, 5.41) is 25.0. The smallest absolute Gasteiger partial charge is 0.264 e. The minimum Gasteiger partial charge on any atom is -0.482 e. The van der Waals surface area contributed by atoms with Crippen LogP contribution in [0.15, 0.2) is 40.7 Å². The Morgan fingerprint density at radius 2 is 2.17 bits per heavy atom. The summed E-state index contributed by atoms with van der Waals surface area (Å²) in [6, 6.07) is 9.74. The molecule has 1 aromatic heterocycles. The maximum Gasteiger partial charge on any atom is 0.264 e. The van der Waals surface area contributed by atoms with Crippen LogP contribution in [0.3, 0.4) is 0 Å². The Hall–Kier alpha value is -3.11. The lowest BCUT2D eigenvalue weighted by Gasteiger charge is -2.35. The van der Waals surface area contributed by atoms with E-state index in [4.69, 9.17) is 14.7 Å². The molecule has 2 aromatic rings. The van der Waals surface area contributed by atoms with E-state index in [-0.39, 0.29) is 18.0 Å². The van der Waals surface area contributed by atoms with Crippen LogP contribution in [0.2, 0.25) is 0 Å². The molecular formula is C17H15N3O4. The molecule has 0 amide bonds. The molecule has 7 nitrogen and oxygen atoms in total. The van der Waals surface area contributed by atoms with E-state index in [1.54, 1.807) is 18.2 Å². The lowest BCUT2D eigenvalue weighted by Crippen LogP contribution is -2.37. The van der Waals surface area contributed by atoms with Gasteiger partial charge in [-0.1, -0.05) is 0 Å². The Morgan fingerprint density at radius 3 is 2.79 bits per heavy atom. The molecule has 122 valence electrons. The largest absolute Gasteiger partial charge is 0.482 e. The topological polar surface area (TPSA) is 108 Å². The van der Waals surface area contributed by atoms with Crippen molar-refractivity contribution in [1.29, 1.82) is 5.26 Å². The molecule has 0 aliphatic carbocycles. The minimum absolute atomic E-state index is 0.168. The molecule has 3 rings (SSSR count). The van der Waals surface area contributed by atoms with E-state index in [2.05, 4.69) is 16.3 Å². The van der Waals surface area contributed by atoms with E-state index in [0.717, 1.165) is 0 Å². The van der Waals surface area contributed by atoms with Crippen LogP contribution in [0.25, 0.3) is 5.76 Å². The van der Waals surface area contributed by atoms with Gasteiger partial charge >= 0.3 is 0 Å². The van der Waals surface area contributed by atoms with Crippen molar-refractivity contribution in [3.63, 3.8) is 0 Å². The van der Waals surface area contributed by atoms with Gasteiger partial charge in [-0.05, 0) is 32.0 Å². The fourth-order valence-electron chi connectivity index (χ4n) is 2.51. The second kappa shape index (κ2) is 5.83. The molecule has 1 aromatic carbocycles. The predicted molar refractivity (Wildman–Crippen MR) is 85.4 cm³/mol. The maximum absolute atomic E-state index is 11.1. The van der Waals surface area contributed by atoms with E-state index in [1.807, 2.05) is 13.8 Å². The number of aliphatic hydroxyl groups excluding tert-OH is 1. The van der Waals surface area contributed by atoms with Crippen LogP contribution in [0.1, 0.15) is 25.0 Å². The van der Waals surface area contributed by atoms with Gasteiger partial charge in [0.05, 0.1) is 23.8 Å². The first kappa shape index (κ1) is 15.8. The van der Waals surface area contributed by atoms with E-state index in [1.165, 1.54) is 12.1 Å². The molecule has 2 heterocycles. The fraction of sp³-hybridized carbons (Fsp3) is 0.235. The van der Waals surface area contributed by atoms with Crippen molar-refractivity contribution in [1.82, 2.24) is 10.2 Å². The zero-order chi connectivity index (χ0) is 17.3. The number of nitrogens with one attached hydrogen (secondary N) is 1. The number of aliphatic hydroxyl groups is 1. The summed E-state index contributed by atoms with van der Waals surface area (Å²) in [5.74, 6) is 1.07. The number of fused-ring (bicyclic) bond motifs is 1. The summed E-state index contributed by atoms with van der Waals surface area (Å²) in [4.78, 5) is 11.1. The number of aromatic amines is 1. The molecule has 24 heavy (non-hydrogen) atoms. The van der Waals surface area contributed by atoms with E-state index < -0.39 is 5.60 Å². The van der Waals surface area contributed by atoms with Crippen LogP contribution in [0.5, 0.6) is 11.6 Å². The van der Waals surface area contributed by atoms with Gasteiger partial charge in [-0.25, -0.2) is 5.10 Å². The molecule has 1 aliphatic heterocycles. The first-order chi connectivity index (χ1) is 11.4. The maximum atomic E-state index is 11.1. The fourth-order valence-corrected chi connectivity index (χ4v) is 2.51. The molecule has 0 saturated heterocycles. The second-order valence-corrected chi connectivity index (χ2v) is 5.76. The predicted octanol–water partition coefficient (Wildman–Crippen LogP) is 1.59. The molecule has 0 fully saturated rings. The first-order valence-corrected chi connectivity index (χ1v) is 7.26. The summed E-state index contributed by atoms with van der Waals surface area (Å²) >= 11 is 0. The van der Waals surface area contributed by atoms with Crippen molar-refractivity contribution in [3.8, 4) is 17.7 Å². The van der Waals surface area contributed by atoms with Crippen LogP contribution < -0.4 is 15.0 Å². The van der Waals surface area contributed by atoms with Crippen LogP contribution >= 0.6 is 0 Å². The van der Waals surface area contributed by atoms with Crippen LogP contribution in [0.4, 0.5) is 0 Å². The zero-order valence-electron chi connectivity index (χ0n) is 13.2. The van der Waals surface area contributed by atoms with Crippen LogP contribution in [0, 0.1) is 11.3 Å². The molecule has 0 unspecified atom stereocenters. The highest BCUT2D eigenvalue weighted by atomic mass is 16.5. The van der Waals surface area contributed by atoms with Gasteiger partial charge in [0.1, 0.15) is 17.1 Å². The zero-order valence-corrected chi connectivity index (χ0v) is 13.2. The lowest BCUT2D eigenvalue weighted by molar-refractivity contribution is 0.122. The highest BCUT2D eigenvalue weighted by molar-refractivity contribution is 5.74. The number of rotatable bonds is 3. The van der Waals surface area contributed by atoms with Gasteiger partial charge in [-0.15, -0.1) is 5.10 Å². The summed E-state index contributed by atoms with van der Waals surface area (Å²) in [5.41, 5.74) is 0.347. The highest BCUT2D eigenvalue weighted by Gasteiger charge is 2.36. The summed E-state index contributed by atoms with van der Waals surface area (Å²) in [6.07, 6.45) is 0. The van der Waals surface area contributed by atoms with Crippen molar-refractivity contribution in [2.24, 2.45) is 0 Å². The van der Waals surface area contributed by atoms with E-state index in [0.29, 0.717) is 28.2 Å². The standard InChI is InChI=1S/C17H15N3O4/c1-17(2)12(9-21)16(23-15-6-5-14(22)19-20-15)11-7-10(8-18)3-4-13(11)24-17/h3-7,21H,9H2,1-2H3,(H,19,22). The van der Waals surface area contributed by atoms with Gasteiger partial charge in [0.2, 0.25) is 5.88 Å². The van der Waals surface area contributed by atoms with Gasteiger partial charge in [0, 0.05) is 17.7 Å². The average Bonchev–Trinajstić information content (AvgIpc) is 2.56. The normalized spacial score (nSPS) is 15.2. The monoisotopic (exact) mass is 325 g/mol. The van der Waals surface area contributed by atoms with E-state index in [9.17, 15) is 9.90 Å². The number of aromatic nitrogens is 2. The Bertz CT molecular complexity index is 902. The number of benzene rings is 1. The lowest BCUT2D eigenvalue weighted by atomic mass is 9.90. The second-order valence-electron chi connectivity index (χ2n) is 5.76. The van der Waals surface area contributed by atoms with E-state index >= 15 is 0 Å². The number of ether oxygens (including phenoxy) is 2. The molecule has 0 bridgehead atoms. The number of hydrogen-bond acceptors (Lipinski definition) is 6. The number of nitrogens with zero attached hydrogens (tertiary/aromatic N) is 2. The summed E-state index contributed by atoms with van der Waals surface area (Å²) < 4.78 is 11.7. The van der Waals surface area contributed by atoms with Gasteiger partial charge in [0.15, 0.2) is 0 Å².